The standard InChI is InChI=1S/C16H13N3S/c1-2-12-5-3-4-6-14(12)19-15-9-11(10-17)7-8-13(15)18-16(19)20/h3-9H,2H2,1H3,(H,18,20). The van der Waals surface area contributed by atoms with Crippen molar-refractivity contribution in [2.75, 3.05) is 0 Å². The van der Waals surface area contributed by atoms with E-state index in [2.05, 4.69) is 30.1 Å². The van der Waals surface area contributed by atoms with Crippen molar-refractivity contribution in [2.24, 2.45) is 0 Å². The third-order valence-corrected chi connectivity index (χ3v) is 3.71. The van der Waals surface area contributed by atoms with E-state index in [1.807, 2.05) is 28.8 Å². The molecule has 0 saturated heterocycles. The molecule has 1 N–H and O–H groups in total. The highest BCUT2D eigenvalue weighted by Crippen LogP contribution is 2.23. The molecule has 2 aromatic carbocycles. The molecule has 3 rings (SSSR count). The minimum Gasteiger partial charge on any atom is -0.330 e. The van der Waals surface area contributed by atoms with Crippen molar-refractivity contribution in [3.8, 4) is 11.8 Å². The van der Waals surface area contributed by atoms with Gasteiger partial charge in [-0.05, 0) is 48.5 Å². The summed E-state index contributed by atoms with van der Waals surface area (Å²) in [5, 5.41) is 9.07. The Bertz CT molecular complexity index is 881. The monoisotopic (exact) mass is 279 g/mol. The maximum absolute atomic E-state index is 9.07. The lowest BCUT2D eigenvalue weighted by Gasteiger charge is -2.09. The van der Waals surface area contributed by atoms with E-state index >= 15 is 0 Å². The number of H-pyrrole nitrogens is 1. The summed E-state index contributed by atoms with van der Waals surface area (Å²) in [6.45, 7) is 2.12. The van der Waals surface area contributed by atoms with Crippen LogP contribution in [-0.2, 0) is 6.42 Å². The molecular formula is C16H13N3S. The first-order chi connectivity index (χ1) is 9.74. The van der Waals surface area contributed by atoms with Crippen molar-refractivity contribution in [1.82, 2.24) is 9.55 Å². The summed E-state index contributed by atoms with van der Waals surface area (Å²) < 4.78 is 2.65. The van der Waals surface area contributed by atoms with E-state index in [0.29, 0.717) is 10.3 Å². The van der Waals surface area contributed by atoms with Gasteiger partial charge in [0.05, 0.1) is 28.4 Å². The number of hydrogen-bond acceptors (Lipinski definition) is 2. The Morgan fingerprint density at radius 1 is 1.25 bits per heavy atom. The van der Waals surface area contributed by atoms with E-state index in [9.17, 15) is 0 Å². The summed E-state index contributed by atoms with van der Waals surface area (Å²) in [6, 6.07) is 15.9. The molecule has 0 saturated carbocycles. The first-order valence-corrected chi connectivity index (χ1v) is 6.88. The summed E-state index contributed by atoms with van der Waals surface area (Å²) in [4.78, 5) is 3.20. The quantitative estimate of drug-likeness (QED) is 0.717. The zero-order valence-electron chi connectivity index (χ0n) is 11.1. The molecule has 0 fully saturated rings. The topological polar surface area (TPSA) is 44.5 Å². The molecule has 0 aliphatic rings. The smallest absolute Gasteiger partial charge is 0.182 e. The number of benzene rings is 2. The van der Waals surface area contributed by atoms with E-state index in [-0.39, 0.29) is 0 Å². The van der Waals surface area contributed by atoms with Gasteiger partial charge in [0.2, 0.25) is 0 Å². The highest BCUT2D eigenvalue weighted by Gasteiger charge is 2.10. The largest absolute Gasteiger partial charge is 0.330 e. The van der Waals surface area contributed by atoms with Gasteiger partial charge in [-0.3, -0.25) is 4.57 Å². The maximum Gasteiger partial charge on any atom is 0.182 e. The predicted octanol–water partition coefficient (Wildman–Crippen LogP) is 4.12. The Kier molecular flexibility index (Phi) is 3.13. The fourth-order valence-corrected chi connectivity index (χ4v) is 2.75. The Labute approximate surface area is 122 Å². The van der Waals surface area contributed by atoms with Crippen molar-refractivity contribution in [3.63, 3.8) is 0 Å². The average Bonchev–Trinajstić information content (AvgIpc) is 2.81. The van der Waals surface area contributed by atoms with Crippen LogP contribution in [0.2, 0.25) is 0 Å². The number of nitrogens with one attached hydrogen (secondary N) is 1. The van der Waals surface area contributed by atoms with Gasteiger partial charge in [0.25, 0.3) is 0 Å². The molecule has 0 aliphatic heterocycles. The highest BCUT2D eigenvalue weighted by molar-refractivity contribution is 7.71. The molecule has 98 valence electrons. The van der Waals surface area contributed by atoms with Crippen LogP contribution in [0.5, 0.6) is 0 Å². The van der Waals surface area contributed by atoms with Crippen LogP contribution < -0.4 is 0 Å². The lowest BCUT2D eigenvalue weighted by Crippen LogP contribution is -1.98. The van der Waals surface area contributed by atoms with Crippen molar-refractivity contribution in [3.05, 3.63) is 58.4 Å². The molecule has 0 aliphatic carbocycles. The highest BCUT2D eigenvalue weighted by atomic mass is 32.1. The second kappa shape index (κ2) is 4.95. The molecular weight excluding hydrogens is 266 g/mol. The zero-order valence-corrected chi connectivity index (χ0v) is 11.9. The Hall–Kier alpha value is -2.38. The molecule has 3 nitrogen and oxygen atoms in total. The molecule has 0 amide bonds. The summed E-state index contributed by atoms with van der Waals surface area (Å²) in [6.07, 6.45) is 0.933. The number of aromatic nitrogens is 2. The van der Waals surface area contributed by atoms with Crippen LogP contribution in [0.25, 0.3) is 16.7 Å². The van der Waals surface area contributed by atoms with Gasteiger partial charge in [-0.2, -0.15) is 5.26 Å². The van der Waals surface area contributed by atoms with Crippen molar-refractivity contribution in [1.29, 1.82) is 5.26 Å². The first-order valence-electron chi connectivity index (χ1n) is 6.47. The number of aromatic amines is 1. The van der Waals surface area contributed by atoms with Crippen LogP contribution in [0.15, 0.2) is 42.5 Å². The number of rotatable bonds is 2. The van der Waals surface area contributed by atoms with E-state index in [1.165, 1.54) is 5.56 Å². The van der Waals surface area contributed by atoms with E-state index < -0.39 is 0 Å². The van der Waals surface area contributed by atoms with Gasteiger partial charge in [-0.15, -0.1) is 0 Å². The fraction of sp³-hybridized carbons (Fsp3) is 0.125. The SMILES string of the molecule is CCc1ccccc1-n1c(=S)[nH]c2ccc(C#N)cc21. The fourth-order valence-electron chi connectivity index (χ4n) is 2.44. The Morgan fingerprint density at radius 3 is 2.80 bits per heavy atom. The molecule has 0 atom stereocenters. The lowest BCUT2D eigenvalue weighted by molar-refractivity contribution is 1.01. The van der Waals surface area contributed by atoms with Crippen LogP contribution in [0.4, 0.5) is 0 Å². The summed E-state index contributed by atoms with van der Waals surface area (Å²) >= 11 is 5.45. The number of hydrogen-bond donors (Lipinski definition) is 1. The van der Waals surface area contributed by atoms with Gasteiger partial charge in [0, 0.05) is 0 Å². The molecule has 0 unspecified atom stereocenters. The molecule has 0 radical (unpaired) electrons. The minimum absolute atomic E-state index is 0.634. The molecule has 4 heteroatoms. The average molecular weight is 279 g/mol. The third-order valence-electron chi connectivity index (χ3n) is 3.43. The van der Waals surface area contributed by atoms with Crippen molar-refractivity contribution >= 4 is 23.3 Å². The minimum atomic E-state index is 0.634. The Morgan fingerprint density at radius 2 is 2.05 bits per heavy atom. The van der Waals surface area contributed by atoms with E-state index in [0.717, 1.165) is 23.1 Å². The number of nitriles is 1. The van der Waals surface area contributed by atoms with Gasteiger partial charge in [0.15, 0.2) is 4.77 Å². The molecule has 1 aromatic heterocycles. The van der Waals surface area contributed by atoms with Crippen LogP contribution in [0.1, 0.15) is 18.1 Å². The van der Waals surface area contributed by atoms with Gasteiger partial charge in [-0.25, -0.2) is 0 Å². The van der Waals surface area contributed by atoms with Crippen LogP contribution >= 0.6 is 12.2 Å². The van der Waals surface area contributed by atoms with Gasteiger partial charge in [-0.1, -0.05) is 25.1 Å². The lowest BCUT2D eigenvalue weighted by atomic mass is 10.1. The molecule has 20 heavy (non-hydrogen) atoms. The van der Waals surface area contributed by atoms with E-state index in [1.54, 1.807) is 6.07 Å². The summed E-state index contributed by atoms with van der Waals surface area (Å²) in [7, 11) is 0. The van der Waals surface area contributed by atoms with Crippen LogP contribution in [0.3, 0.4) is 0 Å². The summed E-state index contributed by atoms with van der Waals surface area (Å²) in [5.74, 6) is 0. The molecule has 3 aromatic rings. The van der Waals surface area contributed by atoms with Crippen molar-refractivity contribution < 1.29 is 0 Å². The Balaban J connectivity index is 2.39. The van der Waals surface area contributed by atoms with Gasteiger partial charge >= 0.3 is 0 Å². The molecule has 1 heterocycles. The second-order valence-corrected chi connectivity index (χ2v) is 4.98. The molecule has 0 bridgehead atoms. The van der Waals surface area contributed by atoms with Gasteiger partial charge in [0.1, 0.15) is 0 Å². The van der Waals surface area contributed by atoms with Crippen LogP contribution in [0, 0.1) is 16.1 Å². The second-order valence-electron chi connectivity index (χ2n) is 4.59. The maximum atomic E-state index is 9.07. The number of imidazole rings is 1. The zero-order chi connectivity index (χ0) is 14.1. The van der Waals surface area contributed by atoms with E-state index in [4.69, 9.17) is 17.5 Å². The first kappa shape index (κ1) is 12.6. The number of nitrogens with zero attached hydrogens (tertiary/aromatic N) is 2. The number of aryl methyl sites for hydroxylation is 1. The number of fused-ring (bicyclic) bond motifs is 1. The van der Waals surface area contributed by atoms with Crippen LogP contribution in [-0.4, -0.2) is 9.55 Å². The molecule has 0 spiro atoms. The third kappa shape index (κ3) is 1.93. The number of para-hydroxylation sites is 1. The van der Waals surface area contributed by atoms with Gasteiger partial charge < -0.3 is 4.98 Å². The summed E-state index contributed by atoms with van der Waals surface area (Å²) in [5.41, 5.74) is 4.82. The van der Waals surface area contributed by atoms with Crippen molar-refractivity contribution in [2.45, 2.75) is 13.3 Å². The normalized spacial score (nSPS) is 10.6. The predicted molar refractivity (Wildman–Crippen MR) is 82.6 cm³/mol.